The van der Waals surface area contributed by atoms with Crippen molar-refractivity contribution in [1.29, 1.82) is 0 Å². The van der Waals surface area contributed by atoms with Crippen molar-refractivity contribution in [2.45, 2.75) is 18.9 Å². The Morgan fingerprint density at radius 1 is 1.50 bits per heavy atom. The van der Waals surface area contributed by atoms with E-state index in [0.29, 0.717) is 5.75 Å². The zero-order valence-corrected chi connectivity index (χ0v) is 8.23. The SMILES string of the molecule is O=C(O)c1cc2c(o1)NC(=O)C(C1CC1)O2. The zero-order chi connectivity index (χ0) is 11.3. The maximum Gasteiger partial charge on any atom is 0.372 e. The standard InChI is InChI=1S/C10H9NO5/c12-8-7(4-1-2-4)15-5-3-6(10(13)14)16-9(5)11-8/h3-4,7H,1-2H2,(H,11,12)(H,13,14). The third-order valence-corrected chi connectivity index (χ3v) is 2.71. The van der Waals surface area contributed by atoms with Gasteiger partial charge in [0.05, 0.1) is 0 Å². The number of fused-ring (bicyclic) bond motifs is 1. The van der Waals surface area contributed by atoms with Gasteiger partial charge in [0.25, 0.3) is 5.91 Å². The van der Waals surface area contributed by atoms with Crippen LogP contribution in [-0.2, 0) is 4.79 Å². The van der Waals surface area contributed by atoms with E-state index in [1.807, 2.05) is 0 Å². The molecule has 6 heteroatoms. The molecule has 1 unspecified atom stereocenters. The Bertz CT molecular complexity index is 474. The molecule has 1 aromatic heterocycles. The van der Waals surface area contributed by atoms with Gasteiger partial charge in [-0.25, -0.2) is 4.79 Å². The van der Waals surface area contributed by atoms with E-state index in [0.717, 1.165) is 12.8 Å². The lowest BCUT2D eigenvalue weighted by Crippen LogP contribution is -2.38. The molecular formula is C10H9NO5. The molecule has 0 spiro atoms. The summed E-state index contributed by atoms with van der Waals surface area (Å²) in [5.41, 5.74) is 0. The minimum absolute atomic E-state index is 0.0827. The highest BCUT2D eigenvalue weighted by molar-refractivity contribution is 5.98. The number of anilines is 1. The molecule has 16 heavy (non-hydrogen) atoms. The fourth-order valence-electron chi connectivity index (χ4n) is 1.74. The lowest BCUT2D eigenvalue weighted by Gasteiger charge is -2.21. The van der Waals surface area contributed by atoms with E-state index >= 15 is 0 Å². The van der Waals surface area contributed by atoms with Crippen LogP contribution < -0.4 is 10.1 Å². The van der Waals surface area contributed by atoms with Gasteiger partial charge in [0.1, 0.15) is 0 Å². The fraction of sp³-hybridized carbons (Fsp3) is 0.400. The molecule has 2 aliphatic rings. The molecule has 1 aliphatic heterocycles. The Hall–Kier alpha value is -1.98. The highest BCUT2D eigenvalue weighted by Crippen LogP contribution is 2.41. The normalized spacial score (nSPS) is 23.2. The summed E-state index contributed by atoms with van der Waals surface area (Å²) in [6.07, 6.45) is 1.43. The summed E-state index contributed by atoms with van der Waals surface area (Å²) in [4.78, 5) is 22.2. The Balaban J connectivity index is 1.92. The summed E-state index contributed by atoms with van der Waals surface area (Å²) in [5.74, 6) is -1.05. The van der Waals surface area contributed by atoms with E-state index in [1.165, 1.54) is 6.07 Å². The van der Waals surface area contributed by atoms with Gasteiger partial charge < -0.3 is 14.3 Å². The van der Waals surface area contributed by atoms with Gasteiger partial charge in [0.2, 0.25) is 11.6 Å². The monoisotopic (exact) mass is 223 g/mol. The average molecular weight is 223 g/mol. The molecule has 3 rings (SSSR count). The van der Waals surface area contributed by atoms with Crippen LogP contribution in [0.25, 0.3) is 0 Å². The predicted molar refractivity (Wildman–Crippen MR) is 51.4 cm³/mol. The number of carboxylic acid groups (broad SMARTS) is 1. The summed E-state index contributed by atoms with van der Waals surface area (Å²) in [6, 6.07) is 1.28. The molecule has 1 amide bonds. The summed E-state index contributed by atoms with van der Waals surface area (Å²) in [7, 11) is 0. The van der Waals surface area contributed by atoms with Crippen molar-refractivity contribution in [3.8, 4) is 5.75 Å². The number of amides is 1. The highest BCUT2D eigenvalue weighted by Gasteiger charge is 2.42. The molecule has 84 valence electrons. The molecule has 0 aromatic carbocycles. The molecule has 0 saturated heterocycles. The fourth-order valence-corrected chi connectivity index (χ4v) is 1.74. The molecule has 0 radical (unpaired) electrons. The number of rotatable bonds is 2. The first-order valence-electron chi connectivity index (χ1n) is 5.00. The summed E-state index contributed by atoms with van der Waals surface area (Å²) in [5, 5.41) is 11.2. The van der Waals surface area contributed by atoms with Crippen LogP contribution in [0.1, 0.15) is 23.4 Å². The largest absolute Gasteiger partial charge is 0.475 e. The number of furan rings is 1. The Kier molecular flexibility index (Phi) is 1.74. The van der Waals surface area contributed by atoms with Crippen LogP contribution in [0.15, 0.2) is 10.5 Å². The van der Waals surface area contributed by atoms with E-state index in [9.17, 15) is 9.59 Å². The van der Waals surface area contributed by atoms with Crippen LogP contribution in [0.2, 0.25) is 0 Å². The van der Waals surface area contributed by atoms with Gasteiger partial charge in [0.15, 0.2) is 11.9 Å². The van der Waals surface area contributed by atoms with Crippen LogP contribution >= 0.6 is 0 Å². The van der Waals surface area contributed by atoms with Crippen LogP contribution in [0.4, 0.5) is 5.88 Å². The van der Waals surface area contributed by atoms with E-state index in [1.54, 1.807) is 0 Å². The van der Waals surface area contributed by atoms with Crippen molar-refractivity contribution in [3.63, 3.8) is 0 Å². The van der Waals surface area contributed by atoms with Gasteiger partial charge in [-0.2, -0.15) is 0 Å². The zero-order valence-electron chi connectivity index (χ0n) is 8.23. The van der Waals surface area contributed by atoms with Gasteiger partial charge in [-0.1, -0.05) is 0 Å². The van der Waals surface area contributed by atoms with Crippen molar-refractivity contribution in [3.05, 3.63) is 11.8 Å². The topological polar surface area (TPSA) is 88.8 Å². The van der Waals surface area contributed by atoms with Crippen molar-refractivity contribution < 1.29 is 23.8 Å². The van der Waals surface area contributed by atoms with Crippen LogP contribution in [-0.4, -0.2) is 23.1 Å². The molecule has 1 atom stereocenters. The summed E-state index contributed by atoms with van der Waals surface area (Å²) < 4.78 is 10.4. The first kappa shape index (κ1) is 9.26. The van der Waals surface area contributed by atoms with Crippen molar-refractivity contribution in [2.75, 3.05) is 5.32 Å². The highest BCUT2D eigenvalue weighted by atomic mass is 16.5. The van der Waals surface area contributed by atoms with Crippen LogP contribution in [0, 0.1) is 5.92 Å². The Morgan fingerprint density at radius 3 is 2.88 bits per heavy atom. The van der Waals surface area contributed by atoms with Gasteiger partial charge in [0, 0.05) is 12.0 Å². The number of carboxylic acids is 1. The van der Waals surface area contributed by atoms with Gasteiger partial charge in [-0.15, -0.1) is 0 Å². The number of carbonyl (C=O) groups is 2. The molecule has 2 N–H and O–H groups in total. The molecule has 1 fully saturated rings. The molecule has 1 aliphatic carbocycles. The number of ether oxygens (including phenoxy) is 1. The third-order valence-electron chi connectivity index (χ3n) is 2.71. The van der Waals surface area contributed by atoms with Crippen LogP contribution in [0.5, 0.6) is 5.75 Å². The van der Waals surface area contributed by atoms with Crippen LogP contribution in [0.3, 0.4) is 0 Å². The Labute approximate surface area is 90.2 Å². The third kappa shape index (κ3) is 1.34. The van der Waals surface area contributed by atoms with Gasteiger partial charge in [-0.3, -0.25) is 10.1 Å². The first-order valence-corrected chi connectivity index (χ1v) is 5.00. The quantitative estimate of drug-likeness (QED) is 0.783. The number of nitrogens with one attached hydrogen (secondary N) is 1. The molecule has 2 heterocycles. The minimum Gasteiger partial charge on any atom is -0.475 e. The smallest absolute Gasteiger partial charge is 0.372 e. The first-order chi connectivity index (χ1) is 7.65. The lowest BCUT2D eigenvalue weighted by molar-refractivity contribution is -0.124. The summed E-state index contributed by atoms with van der Waals surface area (Å²) >= 11 is 0. The molecular weight excluding hydrogens is 214 g/mol. The van der Waals surface area contributed by atoms with E-state index in [-0.39, 0.29) is 23.5 Å². The number of hydrogen-bond acceptors (Lipinski definition) is 4. The van der Waals surface area contributed by atoms with Crippen molar-refractivity contribution >= 4 is 17.8 Å². The maximum atomic E-state index is 11.6. The minimum atomic E-state index is -1.18. The number of aromatic carboxylic acids is 1. The number of hydrogen-bond donors (Lipinski definition) is 2. The second-order valence-electron chi connectivity index (χ2n) is 3.97. The Morgan fingerprint density at radius 2 is 2.25 bits per heavy atom. The van der Waals surface area contributed by atoms with Crippen molar-refractivity contribution in [1.82, 2.24) is 0 Å². The second-order valence-corrected chi connectivity index (χ2v) is 3.97. The molecule has 1 saturated carbocycles. The predicted octanol–water partition coefficient (Wildman–Crippen LogP) is 1.09. The molecule has 6 nitrogen and oxygen atoms in total. The van der Waals surface area contributed by atoms with Gasteiger partial charge >= 0.3 is 5.97 Å². The average Bonchev–Trinajstić information content (AvgIpc) is 2.97. The van der Waals surface area contributed by atoms with Gasteiger partial charge in [-0.05, 0) is 12.8 Å². The molecule has 1 aromatic rings. The maximum absolute atomic E-state index is 11.6. The van der Waals surface area contributed by atoms with Crippen molar-refractivity contribution in [2.24, 2.45) is 5.92 Å². The van der Waals surface area contributed by atoms with E-state index in [2.05, 4.69) is 5.32 Å². The van der Waals surface area contributed by atoms with E-state index < -0.39 is 12.1 Å². The molecule has 0 bridgehead atoms. The summed E-state index contributed by atoms with van der Waals surface area (Å²) in [6.45, 7) is 0. The number of carbonyl (C=O) groups excluding carboxylic acids is 1. The second kappa shape index (κ2) is 3.01. The lowest BCUT2D eigenvalue weighted by atomic mass is 10.2. The van der Waals surface area contributed by atoms with E-state index in [4.69, 9.17) is 14.3 Å².